The zero-order chi connectivity index (χ0) is 14.7. The van der Waals surface area contributed by atoms with E-state index in [1.807, 2.05) is 54.6 Å². The number of amides is 1. The molecule has 0 aromatic heterocycles. The third-order valence-corrected chi connectivity index (χ3v) is 3.59. The van der Waals surface area contributed by atoms with Crippen molar-refractivity contribution in [1.82, 2.24) is 4.90 Å². The van der Waals surface area contributed by atoms with Crippen LogP contribution in [0.1, 0.15) is 17.2 Å². The van der Waals surface area contributed by atoms with Crippen molar-refractivity contribution in [2.75, 3.05) is 13.7 Å². The molecule has 1 heterocycles. The van der Waals surface area contributed by atoms with Crippen LogP contribution in [0.25, 0.3) is 0 Å². The molecule has 1 saturated heterocycles. The van der Waals surface area contributed by atoms with Gasteiger partial charge in [0.25, 0.3) is 0 Å². The van der Waals surface area contributed by atoms with E-state index in [0.29, 0.717) is 13.1 Å². The van der Waals surface area contributed by atoms with Crippen LogP contribution in [-0.4, -0.2) is 24.6 Å². The second kappa shape index (κ2) is 5.87. The lowest BCUT2D eigenvalue weighted by molar-refractivity contribution is 0.132. The number of hydrogen-bond acceptors (Lipinski definition) is 3. The van der Waals surface area contributed by atoms with Crippen molar-refractivity contribution in [2.24, 2.45) is 0 Å². The van der Waals surface area contributed by atoms with Crippen LogP contribution >= 0.6 is 0 Å². The van der Waals surface area contributed by atoms with Gasteiger partial charge in [0, 0.05) is 6.54 Å². The number of rotatable bonds is 4. The molecule has 2 aromatic rings. The van der Waals surface area contributed by atoms with Gasteiger partial charge in [-0.3, -0.25) is 4.90 Å². The molecule has 4 heteroatoms. The van der Waals surface area contributed by atoms with Gasteiger partial charge in [0.05, 0.1) is 13.7 Å². The molecule has 2 aromatic carbocycles. The first-order chi connectivity index (χ1) is 10.3. The van der Waals surface area contributed by atoms with E-state index >= 15 is 0 Å². The first-order valence-corrected chi connectivity index (χ1v) is 6.89. The summed E-state index contributed by atoms with van der Waals surface area (Å²) >= 11 is 0. The zero-order valence-corrected chi connectivity index (χ0v) is 11.9. The summed E-state index contributed by atoms with van der Waals surface area (Å²) in [7, 11) is 1.64. The molecular weight excluding hydrogens is 266 g/mol. The quantitative estimate of drug-likeness (QED) is 0.863. The summed E-state index contributed by atoms with van der Waals surface area (Å²) in [5.74, 6) is 0.810. The molecule has 1 amide bonds. The normalized spacial score (nSPS) is 17.7. The second-order valence-corrected chi connectivity index (χ2v) is 5.01. The van der Waals surface area contributed by atoms with Gasteiger partial charge < -0.3 is 9.47 Å². The fraction of sp³-hybridized carbons (Fsp3) is 0.235. The van der Waals surface area contributed by atoms with Crippen LogP contribution < -0.4 is 4.74 Å². The summed E-state index contributed by atoms with van der Waals surface area (Å²) in [5.41, 5.74) is 2.09. The monoisotopic (exact) mass is 283 g/mol. The molecule has 0 bridgehead atoms. The van der Waals surface area contributed by atoms with Gasteiger partial charge in [0.2, 0.25) is 0 Å². The SMILES string of the molecule is COc1ccc(CN2C[C@@H](c3ccccc3)OC2=O)cc1. The molecule has 1 aliphatic heterocycles. The van der Waals surface area contributed by atoms with Crippen LogP contribution in [0.3, 0.4) is 0 Å². The van der Waals surface area contributed by atoms with E-state index < -0.39 is 0 Å². The molecule has 0 unspecified atom stereocenters. The third kappa shape index (κ3) is 2.99. The average molecular weight is 283 g/mol. The van der Waals surface area contributed by atoms with E-state index in [1.54, 1.807) is 12.0 Å². The summed E-state index contributed by atoms with van der Waals surface area (Å²) < 4.78 is 10.6. The lowest BCUT2D eigenvalue weighted by Crippen LogP contribution is -2.23. The minimum absolute atomic E-state index is 0.183. The number of ether oxygens (including phenoxy) is 2. The highest BCUT2D eigenvalue weighted by atomic mass is 16.6. The summed E-state index contributed by atoms with van der Waals surface area (Å²) in [6.07, 6.45) is -0.448. The average Bonchev–Trinajstić information content (AvgIpc) is 2.90. The molecule has 21 heavy (non-hydrogen) atoms. The van der Waals surface area contributed by atoms with Crippen LogP contribution in [0, 0.1) is 0 Å². The van der Waals surface area contributed by atoms with Gasteiger partial charge in [-0.25, -0.2) is 4.79 Å². The van der Waals surface area contributed by atoms with E-state index in [9.17, 15) is 4.79 Å². The Hall–Kier alpha value is -2.49. The van der Waals surface area contributed by atoms with E-state index in [2.05, 4.69) is 0 Å². The fourth-order valence-corrected chi connectivity index (χ4v) is 2.43. The van der Waals surface area contributed by atoms with Crippen LogP contribution in [0.4, 0.5) is 4.79 Å². The van der Waals surface area contributed by atoms with Crippen molar-refractivity contribution in [3.05, 3.63) is 65.7 Å². The summed E-state index contributed by atoms with van der Waals surface area (Å²) in [6, 6.07) is 17.5. The minimum atomic E-state index is -0.264. The summed E-state index contributed by atoms with van der Waals surface area (Å²) in [6.45, 7) is 1.13. The molecule has 0 aliphatic carbocycles. The highest BCUT2D eigenvalue weighted by molar-refractivity contribution is 5.70. The van der Waals surface area contributed by atoms with Gasteiger partial charge in [-0.05, 0) is 23.3 Å². The van der Waals surface area contributed by atoms with E-state index in [-0.39, 0.29) is 12.2 Å². The highest BCUT2D eigenvalue weighted by Gasteiger charge is 2.31. The number of benzene rings is 2. The Kier molecular flexibility index (Phi) is 3.77. The Morgan fingerprint density at radius 2 is 1.86 bits per heavy atom. The first-order valence-electron chi connectivity index (χ1n) is 6.89. The molecular formula is C17H17NO3. The number of nitrogens with zero attached hydrogens (tertiary/aromatic N) is 1. The van der Waals surface area contributed by atoms with Crippen LogP contribution in [0.2, 0.25) is 0 Å². The molecule has 0 radical (unpaired) electrons. The topological polar surface area (TPSA) is 38.8 Å². The van der Waals surface area contributed by atoms with Gasteiger partial charge in [-0.2, -0.15) is 0 Å². The van der Waals surface area contributed by atoms with Gasteiger partial charge in [0.15, 0.2) is 0 Å². The predicted molar refractivity (Wildman–Crippen MR) is 79.1 cm³/mol. The molecule has 0 saturated carbocycles. The molecule has 0 spiro atoms. The van der Waals surface area contributed by atoms with E-state index in [1.165, 1.54) is 0 Å². The van der Waals surface area contributed by atoms with Gasteiger partial charge in [-0.1, -0.05) is 42.5 Å². The Morgan fingerprint density at radius 3 is 2.52 bits per heavy atom. The highest BCUT2D eigenvalue weighted by Crippen LogP contribution is 2.27. The van der Waals surface area contributed by atoms with Gasteiger partial charge in [-0.15, -0.1) is 0 Å². The number of carbonyl (C=O) groups excluding carboxylic acids is 1. The molecule has 1 fully saturated rings. The Labute approximate surface area is 123 Å². The first kappa shape index (κ1) is 13.5. The maximum atomic E-state index is 12.0. The molecule has 1 atom stereocenters. The number of carbonyl (C=O) groups is 1. The number of cyclic esters (lactones) is 1. The summed E-state index contributed by atoms with van der Waals surface area (Å²) in [4.78, 5) is 13.7. The van der Waals surface area contributed by atoms with Gasteiger partial charge >= 0.3 is 6.09 Å². The Bertz CT molecular complexity index is 610. The molecule has 0 N–H and O–H groups in total. The van der Waals surface area contributed by atoms with Crippen molar-refractivity contribution in [1.29, 1.82) is 0 Å². The largest absolute Gasteiger partial charge is 0.497 e. The second-order valence-electron chi connectivity index (χ2n) is 5.01. The van der Waals surface area contributed by atoms with Crippen molar-refractivity contribution in [2.45, 2.75) is 12.6 Å². The lowest BCUT2D eigenvalue weighted by Gasteiger charge is -2.13. The summed E-state index contributed by atoms with van der Waals surface area (Å²) in [5, 5.41) is 0. The predicted octanol–water partition coefficient (Wildman–Crippen LogP) is 3.39. The van der Waals surface area contributed by atoms with E-state index in [4.69, 9.17) is 9.47 Å². The Balaban J connectivity index is 1.67. The molecule has 1 aliphatic rings. The molecule has 4 nitrogen and oxygen atoms in total. The van der Waals surface area contributed by atoms with Crippen molar-refractivity contribution in [3.63, 3.8) is 0 Å². The standard InChI is InChI=1S/C17H17NO3/c1-20-15-9-7-13(8-10-15)11-18-12-16(21-17(18)19)14-5-3-2-4-6-14/h2-10,16H,11-12H2,1H3/t16-/m0/s1. The smallest absolute Gasteiger partial charge is 0.410 e. The van der Waals surface area contributed by atoms with Crippen LogP contribution in [-0.2, 0) is 11.3 Å². The Morgan fingerprint density at radius 1 is 1.14 bits per heavy atom. The van der Waals surface area contributed by atoms with E-state index in [0.717, 1.165) is 16.9 Å². The molecule has 3 rings (SSSR count). The zero-order valence-electron chi connectivity index (χ0n) is 11.9. The molecule has 108 valence electrons. The number of methoxy groups -OCH3 is 1. The van der Waals surface area contributed by atoms with Gasteiger partial charge in [0.1, 0.15) is 11.9 Å². The number of hydrogen-bond donors (Lipinski definition) is 0. The maximum Gasteiger partial charge on any atom is 0.410 e. The van der Waals surface area contributed by atoms with Crippen LogP contribution in [0.5, 0.6) is 5.75 Å². The van der Waals surface area contributed by atoms with Crippen molar-refractivity contribution in [3.8, 4) is 5.75 Å². The lowest BCUT2D eigenvalue weighted by atomic mass is 10.1. The third-order valence-electron chi connectivity index (χ3n) is 3.59. The fourth-order valence-electron chi connectivity index (χ4n) is 2.43. The van der Waals surface area contributed by atoms with Crippen LogP contribution in [0.15, 0.2) is 54.6 Å². The van der Waals surface area contributed by atoms with Crippen molar-refractivity contribution >= 4 is 6.09 Å². The maximum absolute atomic E-state index is 12.0. The van der Waals surface area contributed by atoms with Crippen molar-refractivity contribution < 1.29 is 14.3 Å². The minimum Gasteiger partial charge on any atom is -0.497 e.